The number of hydrogen-bond acceptors (Lipinski definition) is 4. The van der Waals surface area contributed by atoms with E-state index in [-0.39, 0.29) is 23.4 Å². The van der Waals surface area contributed by atoms with Gasteiger partial charge in [-0.1, -0.05) is 30.3 Å². The van der Waals surface area contributed by atoms with Gasteiger partial charge in [0.1, 0.15) is 17.9 Å². The van der Waals surface area contributed by atoms with Crippen LogP contribution in [-0.4, -0.2) is 20.7 Å². The first-order chi connectivity index (χ1) is 12.8. The highest BCUT2D eigenvalue weighted by Gasteiger charge is 2.26. The summed E-state index contributed by atoms with van der Waals surface area (Å²) < 4.78 is 34.2. The number of rotatable bonds is 4. The van der Waals surface area contributed by atoms with Crippen molar-refractivity contribution in [2.75, 3.05) is 0 Å². The highest BCUT2D eigenvalue weighted by Crippen LogP contribution is 2.27. The Morgan fingerprint density at radius 2 is 1.81 bits per heavy atom. The number of aromatic nitrogens is 3. The molecular weight excluding hydrogens is 352 g/mol. The maximum atomic E-state index is 14.2. The standard InChI is InChI=1S/C20H19F2N3O2/c1-20(2,3)25-11-15(19(26)27-12-13-7-5-4-6-8-13)17(24-25)14-9-10-16(21)23-18(14)22/h4-11H,12H2,1-3H3. The summed E-state index contributed by atoms with van der Waals surface area (Å²) in [5.41, 5.74) is 0.467. The molecule has 3 aromatic rings. The van der Waals surface area contributed by atoms with E-state index in [1.165, 1.54) is 12.3 Å². The van der Waals surface area contributed by atoms with Crippen molar-refractivity contribution in [2.24, 2.45) is 0 Å². The van der Waals surface area contributed by atoms with Crippen LogP contribution in [0.4, 0.5) is 8.78 Å². The van der Waals surface area contributed by atoms with Crippen molar-refractivity contribution in [1.82, 2.24) is 14.8 Å². The maximum absolute atomic E-state index is 14.2. The van der Waals surface area contributed by atoms with Gasteiger partial charge in [-0.15, -0.1) is 0 Å². The van der Waals surface area contributed by atoms with E-state index < -0.39 is 23.4 Å². The summed E-state index contributed by atoms with van der Waals surface area (Å²) >= 11 is 0. The molecule has 0 N–H and O–H groups in total. The fourth-order valence-corrected chi connectivity index (χ4v) is 2.46. The fourth-order valence-electron chi connectivity index (χ4n) is 2.46. The summed E-state index contributed by atoms with van der Waals surface area (Å²) in [6, 6.07) is 11.4. The Balaban J connectivity index is 1.97. The summed E-state index contributed by atoms with van der Waals surface area (Å²) in [6.45, 7) is 5.75. The van der Waals surface area contributed by atoms with Crippen LogP contribution in [-0.2, 0) is 16.9 Å². The Hall–Kier alpha value is -3.09. The van der Waals surface area contributed by atoms with Gasteiger partial charge in [-0.3, -0.25) is 4.68 Å². The number of ether oxygens (including phenoxy) is 1. The SMILES string of the molecule is CC(C)(C)n1cc(C(=O)OCc2ccccc2)c(-c2ccc(F)nc2F)n1. The second-order valence-corrected chi connectivity index (χ2v) is 7.04. The first kappa shape index (κ1) is 18.7. The van der Waals surface area contributed by atoms with E-state index in [0.29, 0.717) is 0 Å². The molecule has 2 aromatic heterocycles. The molecule has 0 atom stereocenters. The Bertz CT molecular complexity index is 963. The molecule has 0 unspecified atom stereocenters. The lowest BCUT2D eigenvalue weighted by Crippen LogP contribution is -2.22. The molecule has 0 saturated carbocycles. The van der Waals surface area contributed by atoms with E-state index >= 15 is 0 Å². The van der Waals surface area contributed by atoms with E-state index in [9.17, 15) is 13.6 Å². The Morgan fingerprint density at radius 1 is 1.11 bits per heavy atom. The van der Waals surface area contributed by atoms with Crippen molar-refractivity contribution in [3.05, 3.63) is 71.7 Å². The van der Waals surface area contributed by atoms with E-state index in [4.69, 9.17) is 4.74 Å². The molecule has 0 aliphatic carbocycles. The predicted molar refractivity (Wildman–Crippen MR) is 95.9 cm³/mol. The second kappa shape index (κ2) is 7.26. The molecule has 0 radical (unpaired) electrons. The minimum Gasteiger partial charge on any atom is -0.457 e. The lowest BCUT2D eigenvalue weighted by molar-refractivity contribution is 0.0473. The van der Waals surface area contributed by atoms with E-state index in [0.717, 1.165) is 11.6 Å². The molecule has 0 amide bonds. The van der Waals surface area contributed by atoms with Gasteiger partial charge in [-0.2, -0.15) is 18.9 Å². The second-order valence-electron chi connectivity index (χ2n) is 7.04. The van der Waals surface area contributed by atoms with Crippen LogP contribution in [0.5, 0.6) is 0 Å². The van der Waals surface area contributed by atoms with Crippen molar-refractivity contribution in [3.63, 3.8) is 0 Å². The summed E-state index contributed by atoms with van der Waals surface area (Å²) in [5.74, 6) is -2.63. The van der Waals surface area contributed by atoms with Crippen LogP contribution in [0.15, 0.2) is 48.7 Å². The number of pyridine rings is 1. The largest absolute Gasteiger partial charge is 0.457 e. The zero-order valence-electron chi connectivity index (χ0n) is 15.2. The van der Waals surface area contributed by atoms with Crippen LogP contribution in [0, 0.1) is 11.9 Å². The van der Waals surface area contributed by atoms with Crippen LogP contribution >= 0.6 is 0 Å². The summed E-state index contributed by atoms with van der Waals surface area (Å²) in [4.78, 5) is 15.8. The number of carbonyl (C=O) groups is 1. The molecule has 7 heteroatoms. The molecular formula is C20H19F2N3O2. The van der Waals surface area contributed by atoms with Gasteiger partial charge in [0, 0.05) is 6.20 Å². The topological polar surface area (TPSA) is 57.0 Å². The van der Waals surface area contributed by atoms with E-state index in [2.05, 4.69) is 10.1 Å². The summed E-state index contributed by atoms with van der Waals surface area (Å²) in [6.07, 6.45) is 1.51. The Morgan fingerprint density at radius 3 is 2.44 bits per heavy atom. The molecule has 0 saturated heterocycles. The van der Waals surface area contributed by atoms with Gasteiger partial charge in [0.05, 0.1) is 11.1 Å². The van der Waals surface area contributed by atoms with Crippen molar-refractivity contribution < 1.29 is 18.3 Å². The molecule has 140 valence electrons. The lowest BCUT2D eigenvalue weighted by Gasteiger charge is -2.18. The quantitative estimate of drug-likeness (QED) is 0.506. The monoisotopic (exact) mass is 371 g/mol. The van der Waals surface area contributed by atoms with Crippen LogP contribution in [0.1, 0.15) is 36.7 Å². The molecule has 0 aliphatic heterocycles. The van der Waals surface area contributed by atoms with Gasteiger partial charge < -0.3 is 4.74 Å². The van der Waals surface area contributed by atoms with Crippen LogP contribution < -0.4 is 0 Å². The zero-order valence-corrected chi connectivity index (χ0v) is 15.2. The lowest BCUT2D eigenvalue weighted by atomic mass is 10.1. The average molecular weight is 371 g/mol. The smallest absolute Gasteiger partial charge is 0.342 e. The van der Waals surface area contributed by atoms with Gasteiger partial charge in [-0.25, -0.2) is 4.79 Å². The Kier molecular flexibility index (Phi) is 5.03. The Labute approximate surface area is 155 Å². The van der Waals surface area contributed by atoms with Crippen LogP contribution in [0.25, 0.3) is 11.3 Å². The molecule has 5 nitrogen and oxygen atoms in total. The van der Waals surface area contributed by atoms with Gasteiger partial charge in [0.2, 0.25) is 11.9 Å². The van der Waals surface area contributed by atoms with E-state index in [1.54, 1.807) is 4.68 Å². The zero-order chi connectivity index (χ0) is 19.6. The molecule has 0 bridgehead atoms. The van der Waals surface area contributed by atoms with Gasteiger partial charge in [0.15, 0.2) is 0 Å². The van der Waals surface area contributed by atoms with Crippen LogP contribution in [0.2, 0.25) is 0 Å². The average Bonchev–Trinajstić information content (AvgIpc) is 3.06. The van der Waals surface area contributed by atoms with Crippen molar-refractivity contribution >= 4 is 5.97 Å². The molecule has 0 aliphatic rings. The first-order valence-electron chi connectivity index (χ1n) is 8.39. The van der Waals surface area contributed by atoms with Crippen molar-refractivity contribution in [1.29, 1.82) is 0 Å². The number of nitrogens with zero attached hydrogens (tertiary/aromatic N) is 3. The molecule has 27 heavy (non-hydrogen) atoms. The number of benzene rings is 1. The highest BCUT2D eigenvalue weighted by molar-refractivity contribution is 5.96. The molecule has 3 rings (SSSR count). The minimum atomic E-state index is -1.04. The maximum Gasteiger partial charge on any atom is 0.342 e. The third kappa shape index (κ3) is 4.19. The summed E-state index contributed by atoms with van der Waals surface area (Å²) in [7, 11) is 0. The van der Waals surface area contributed by atoms with Gasteiger partial charge in [-0.05, 0) is 38.5 Å². The number of hydrogen-bond donors (Lipinski definition) is 0. The minimum absolute atomic E-state index is 0.0630. The third-order valence-electron chi connectivity index (χ3n) is 3.90. The molecule has 2 heterocycles. The summed E-state index contributed by atoms with van der Waals surface area (Å²) in [5, 5.41) is 4.33. The first-order valence-corrected chi connectivity index (χ1v) is 8.39. The molecule has 0 spiro atoms. The molecule has 1 aromatic carbocycles. The third-order valence-corrected chi connectivity index (χ3v) is 3.90. The number of halogens is 2. The van der Waals surface area contributed by atoms with Crippen LogP contribution in [0.3, 0.4) is 0 Å². The van der Waals surface area contributed by atoms with Crippen molar-refractivity contribution in [3.8, 4) is 11.3 Å². The van der Waals surface area contributed by atoms with E-state index in [1.807, 2.05) is 51.1 Å². The van der Waals surface area contributed by atoms with Gasteiger partial charge in [0.25, 0.3) is 0 Å². The van der Waals surface area contributed by atoms with Gasteiger partial charge >= 0.3 is 5.97 Å². The predicted octanol–water partition coefficient (Wildman–Crippen LogP) is 4.34. The molecule has 0 fully saturated rings. The number of esters is 1. The fraction of sp³-hybridized carbons (Fsp3) is 0.250. The van der Waals surface area contributed by atoms with Crippen molar-refractivity contribution in [2.45, 2.75) is 32.9 Å². The number of carbonyl (C=O) groups excluding carboxylic acids is 1. The highest BCUT2D eigenvalue weighted by atomic mass is 19.1. The normalized spacial score (nSPS) is 11.4.